The maximum atomic E-state index is 14.2. The molecule has 4 aromatic heterocycles. The fourth-order valence-corrected chi connectivity index (χ4v) is 13.4. The number of benzene rings is 6. The van der Waals surface area contributed by atoms with Crippen molar-refractivity contribution >= 4 is 143 Å². The van der Waals surface area contributed by atoms with Gasteiger partial charge in [-0.05, 0) is 172 Å². The number of ether oxygens (including phenoxy) is 4. The quantitative estimate of drug-likeness (QED) is 0.0107. The van der Waals surface area contributed by atoms with Crippen molar-refractivity contribution in [3.63, 3.8) is 0 Å². The molecule has 0 amide bonds. The van der Waals surface area contributed by atoms with Crippen molar-refractivity contribution in [1.29, 1.82) is 0 Å². The molecule has 0 unspecified atom stereocenters. The molecule has 128 heavy (non-hydrogen) atoms. The van der Waals surface area contributed by atoms with Gasteiger partial charge in [0.05, 0.1) is 50.5 Å². The number of methoxy groups -OCH3 is 4. The first-order valence-electron chi connectivity index (χ1n) is 41.9. The minimum Gasteiger partial charge on any atom is -0.497 e. The average molecular weight is 1880 g/mol. The van der Waals surface area contributed by atoms with Crippen LogP contribution in [0.15, 0.2) is 84.9 Å². The summed E-state index contributed by atoms with van der Waals surface area (Å²) in [5.74, 6) is -3.18. The van der Waals surface area contributed by atoms with E-state index in [4.69, 9.17) is 71.0 Å². The zero-order valence-electron chi connectivity index (χ0n) is 75.8. The molecule has 10 N–H and O–H groups in total. The van der Waals surface area contributed by atoms with Crippen molar-refractivity contribution in [2.75, 3.05) is 55.4 Å². The molecule has 0 spiro atoms. The highest BCUT2D eigenvalue weighted by molar-refractivity contribution is 6.35. The Labute approximate surface area is 768 Å². The summed E-state index contributed by atoms with van der Waals surface area (Å²) in [6, 6.07) is 19.2. The third-order valence-corrected chi connectivity index (χ3v) is 20.9. The molecule has 0 radical (unpaired) electrons. The molecule has 0 saturated carbocycles. The lowest BCUT2D eigenvalue weighted by atomic mass is 9.88. The van der Waals surface area contributed by atoms with Crippen molar-refractivity contribution in [3.05, 3.63) is 158 Å². The van der Waals surface area contributed by atoms with E-state index >= 15 is 0 Å². The molecular formula is C93H127Cl4F8N15O8. The van der Waals surface area contributed by atoms with E-state index in [0.717, 1.165) is 148 Å². The number of nitrogens with two attached hydrogens (primary N) is 3. The van der Waals surface area contributed by atoms with Gasteiger partial charge < -0.3 is 76.6 Å². The Morgan fingerprint density at radius 2 is 0.727 bits per heavy atom. The molecule has 706 valence electrons. The maximum Gasteiger partial charge on any atom is 0.225 e. The molecule has 6 aromatic carbocycles. The number of aromatic nitrogens is 8. The predicted octanol–water partition coefficient (Wildman–Crippen LogP) is 24.5. The van der Waals surface area contributed by atoms with Gasteiger partial charge in [-0.15, -0.1) is 12.4 Å². The molecule has 4 heterocycles. The summed E-state index contributed by atoms with van der Waals surface area (Å²) in [6.45, 7) is 27.6. The fraction of sp³-hybridized carbons (Fsp3) is 0.484. The van der Waals surface area contributed by atoms with E-state index in [1.54, 1.807) is 62.2 Å². The molecule has 0 aliphatic heterocycles. The van der Waals surface area contributed by atoms with E-state index in [0.29, 0.717) is 103 Å². The van der Waals surface area contributed by atoms with Gasteiger partial charge in [-0.25, -0.2) is 65.0 Å². The van der Waals surface area contributed by atoms with Gasteiger partial charge in [0.15, 0.2) is 46.5 Å². The molecule has 0 fully saturated rings. The maximum absolute atomic E-state index is 14.2. The van der Waals surface area contributed by atoms with Crippen LogP contribution in [-0.2, 0) is 32.3 Å². The van der Waals surface area contributed by atoms with Crippen LogP contribution in [0.25, 0.3) is 43.6 Å². The van der Waals surface area contributed by atoms with Gasteiger partial charge in [-0.1, -0.05) is 118 Å². The number of Topliss-reactive ketones (excluding diaryl/α,β-unsaturated/α-hetero) is 4. The second kappa shape index (κ2) is 55.8. The number of nitrogens with zero attached hydrogens (tertiary/aromatic N) is 8. The number of hydrogen-bond acceptors (Lipinski definition) is 23. The summed E-state index contributed by atoms with van der Waals surface area (Å²) in [7, 11) is 6.39. The molecule has 35 heteroatoms. The Kier molecular flexibility index (Phi) is 49.8. The minimum atomic E-state index is -0.997. The van der Waals surface area contributed by atoms with Crippen molar-refractivity contribution in [3.8, 4) is 23.0 Å². The highest BCUT2D eigenvalue weighted by Gasteiger charge is 2.30. The number of halogens is 12. The highest BCUT2D eigenvalue weighted by Crippen LogP contribution is 2.37. The van der Waals surface area contributed by atoms with E-state index in [2.05, 4.69) is 88.8 Å². The van der Waals surface area contributed by atoms with Gasteiger partial charge in [-0.3, -0.25) is 0 Å². The minimum absolute atomic E-state index is 0. The monoisotopic (exact) mass is 1870 g/mol. The van der Waals surface area contributed by atoms with Gasteiger partial charge in [0.25, 0.3) is 0 Å². The second-order valence-electron chi connectivity index (χ2n) is 31.4. The Balaban J connectivity index is 0.000000540. The van der Waals surface area contributed by atoms with Crippen molar-refractivity contribution < 1.29 is 73.2 Å². The first-order valence-corrected chi connectivity index (χ1v) is 43.0. The van der Waals surface area contributed by atoms with Gasteiger partial charge in [-0.2, -0.15) is 9.97 Å². The van der Waals surface area contributed by atoms with Crippen molar-refractivity contribution in [2.24, 2.45) is 11.5 Å². The van der Waals surface area contributed by atoms with Gasteiger partial charge in [0.2, 0.25) is 22.5 Å². The third-order valence-electron chi connectivity index (χ3n) is 20.3. The summed E-state index contributed by atoms with van der Waals surface area (Å²) in [6.07, 6.45) is 16.1. The number of anilines is 5. The summed E-state index contributed by atoms with van der Waals surface area (Å²) >= 11 is 17.1. The van der Waals surface area contributed by atoms with Crippen LogP contribution in [0.4, 0.5) is 64.5 Å². The first-order chi connectivity index (χ1) is 59.5. The second-order valence-corrected chi connectivity index (χ2v) is 32.5. The average Bonchev–Trinajstić information content (AvgIpc) is 0.783. The van der Waals surface area contributed by atoms with Crippen LogP contribution in [0.5, 0.6) is 23.0 Å². The van der Waals surface area contributed by atoms with Crippen LogP contribution in [-0.4, -0.2) is 114 Å². The van der Waals surface area contributed by atoms with Gasteiger partial charge in [0.1, 0.15) is 68.7 Å². The standard InChI is InChI=1S/C27H34F2N4O3.C18H22ClF2N3O.C18H24F2N4O.C10H21NO.C9H13NO2.C8H2Cl2F2N2.C2H6.CH4.ClH/c1-6-7-11-27(3,12-10-17(2)34)33-25-20-14-21(28)22(29)15-23(20)31-26(32-25)30-16-18-8-9-19(35-4)13-24(18)36-5;1-4-5-7-18(3,8-6-11(2)25)24-16-12-9-13(20)14(21)10-15(12)22-17(19)23-16;1-4-5-7-18(3,8-6-11(2)25)24-16-12-9-13(19)14(20)10-15(12)22-17(21)23-16;1-4-5-7-10(3,11)8-6-9(2)12;1-11-8-4-3-7(6-10)9(5-8)12-2;9-7-3-1-4(11)5(12)2-6(3)13-8(10)14-7;1-2;;/h8-9,13-15H,6-7,10-12,16H2,1-5H3,(H2,30,31,32,33);9-10H,4-8H2,1-3H3,(H,22,23,24);9-10H,4-8H2,1-3H3,(H3,21,22,23,24);4-8,11H2,1-3H3;3-5H,6,10H2,1-2H3;1-2H;1-2H3;1H4;1H/t27-;2*18-;10-;;;;;/m1111...../s1. The number of nitrogens with one attached hydrogen (secondary N) is 4. The van der Waals surface area contributed by atoms with Crippen LogP contribution >= 0.6 is 47.2 Å². The lowest BCUT2D eigenvalue weighted by Gasteiger charge is -2.32. The lowest BCUT2D eigenvalue weighted by Crippen LogP contribution is -2.36. The number of nitrogen functional groups attached to an aromatic ring is 1. The SMILES string of the molecule is C.CC.CCCC[C@@](C)(N)CCC(C)=O.CCCC[C@](C)(CCC(C)=O)Nc1nc(Cl)nc2cc(F)c(F)cc12.CCCC[C@](C)(CCC(C)=O)Nc1nc(N)nc2cc(F)c(F)cc12.CCCC[C@](C)(CCC(C)=O)Nc1nc(NCc2ccc(OC)cc2OC)nc2cc(F)c(F)cc12.COc1ccc(CN)c(OC)c1.Cl.Fc1cc2nc(Cl)nc(Cl)c2cc1F. The Bertz CT molecular complexity index is 5120. The van der Waals surface area contributed by atoms with Gasteiger partial charge in [0, 0.05) is 130 Å². The molecule has 0 aliphatic carbocycles. The Morgan fingerprint density at radius 1 is 0.406 bits per heavy atom. The lowest BCUT2D eigenvalue weighted by molar-refractivity contribution is -0.118. The molecule has 0 bridgehead atoms. The number of unbranched alkanes of at least 4 members (excludes halogenated alkanes) is 4. The molecular weight excluding hydrogens is 1750 g/mol. The number of hydrogen-bond donors (Lipinski definition) is 7. The first kappa shape index (κ1) is 114. The molecule has 10 aromatic rings. The zero-order chi connectivity index (χ0) is 94.4. The van der Waals surface area contributed by atoms with Crippen LogP contribution in [0, 0.1) is 46.5 Å². The van der Waals surface area contributed by atoms with E-state index < -0.39 is 63.2 Å². The van der Waals surface area contributed by atoms with E-state index in [1.165, 1.54) is 6.42 Å². The summed E-state index contributed by atoms with van der Waals surface area (Å²) in [5.41, 5.74) is 18.5. The Hall–Kier alpha value is -9.92. The summed E-state index contributed by atoms with van der Waals surface area (Å²) < 4.78 is 129. The number of ketones is 4. The predicted molar refractivity (Wildman–Crippen MR) is 503 cm³/mol. The van der Waals surface area contributed by atoms with Gasteiger partial charge >= 0.3 is 0 Å². The van der Waals surface area contributed by atoms with E-state index in [-0.39, 0.29) is 104 Å². The Morgan fingerprint density at radius 3 is 1.10 bits per heavy atom. The number of rotatable bonds is 38. The zero-order valence-corrected chi connectivity index (χ0v) is 78.9. The fourth-order valence-electron chi connectivity index (χ4n) is 12.8. The molecule has 0 aliphatic rings. The topological polar surface area (TPSA) is 334 Å². The largest absolute Gasteiger partial charge is 0.497 e. The highest BCUT2D eigenvalue weighted by atomic mass is 35.5. The van der Waals surface area contributed by atoms with E-state index in [9.17, 15) is 54.3 Å². The summed E-state index contributed by atoms with van der Waals surface area (Å²) in [5, 5.41) is 14.4. The smallest absolute Gasteiger partial charge is 0.225 e. The summed E-state index contributed by atoms with van der Waals surface area (Å²) in [4.78, 5) is 77.8. The molecule has 4 atom stereocenters. The third kappa shape index (κ3) is 37.6. The van der Waals surface area contributed by atoms with Crippen LogP contribution in [0.2, 0.25) is 15.7 Å². The number of fused-ring (bicyclic) bond motifs is 4. The van der Waals surface area contributed by atoms with Crippen LogP contribution in [0.1, 0.15) is 244 Å². The number of carbonyl (C=O) groups excluding carboxylic acids is 4. The van der Waals surface area contributed by atoms with Crippen molar-refractivity contribution in [2.45, 2.75) is 268 Å². The number of carbonyl (C=O) groups is 4. The molecule has 0 saturated heterocycles. The van der Waals surface area contributed by atoms with Crippen LogP contribution < -0.4 is 57.4 Å². The normalized spacial score (nSPS) is 12.5. The molecule has 10 rings (SSSR count). The van der Waals surface area contributed by atoms with Crippen molar-refractivity contribution in [1.82, 2.24) is 39.9 Å². The molecule has 23 nitrogen and oxygen atoms in total. The van der Waals surface area contributed by atoms with E-state index in [1.807, 2.05) is 71.9 Å². The van der Waals surface area contributed by atoms with Crippen LogP contribution in [0.3, 0.4) is 0 Å².